The summed E-state index contributed by atoms with van der Waals surface area (Å²) in [5, 5.41) is 3.25. The number of anilines is 2. The van der Waals surface area contributed by atoms with E-state index in [1.165, 1.54) is 0 Å². The molecular weight excluding hydrogens is 262 g/mol. The van der Waals surface area contributed by atoms with Crippen molar-refractivity contribution >= 4 is 21.5 Å². The number of nitrogens with zero attached hydrogens (tertiary/aromatic N) is 2. The number of sulfone groups is 1. The molecule has 5 nitrogen and oxygen atoms in total. The van der Waals surface area contributed by atoms with Crippen LogP contribution in [0.1, 0.15) is 20.3 Å². The lowest BCUT2D eigenvalue weighted by Gasteiger charge is -2.34. The van der Waals surface area contributed by atoms with E-state index in [2.05, 4.69) is 22.1 Å². The minimum absolute atomic E-state index is 0.0207. The zero-order valence-corrected chi connectivity index (χ0v) is 12.3. The molecule has 0 bridgehead atoms. The Morgan fingerprint density at radius 2 is 2.26 bits per heavy atom. The predicted molar refractivity (Wildman–Crippen MR) is 78.5 cm³/mol. The summed E-state index contributed by atoms with van der Waals surface area (Å²) in [5.74, 6) is 2.12. The van der Waals surface area contributed by atoms with Gasteiger partial charge in [-0.1, -0.05) is 13.0 Å². The van der Waals surface area contributed by atoms with E-state index in [1.54, 1.807) is 0 Å². The van der Waals surface area contributed by atoms with Crippen LogP contribution in [-0.4, -0.2) is 44.0 Å². The maximum atomic E-state index is 11.6. The number of hydrogen-bond donors (Lipinski definition) is 1. The summed E-state index contributed by atoms with van der Waals surface area (Å²) < 4.78 is 23.2. The van der Waals surface area contributed by atoms with Crippen molar-refractivity contribution in [1.29, 1.82) is 0 Å². The van der Waals surface area contributed by atoms with E-state index >= 15 is 0 Å². The van der Waals surface area contributed by atoms with Gasteiger partial charge in [0.05, 0.1) is 11.5 Å². The van der Waals surface area contributed by atoms with Gasteiger partial charge in [-0.2, -0.15) is 0 Å². The third kappa shape index (κ3) is 3.59. The van der Waals surface area contributed by atoms with Crippen LogP contribution < -0.4 is 10.2 Å². The van der Waals surface area contributed by atoms with Crippen molar-refractivity contribution in [2.75, 3.05) is 34.8 Å². The summed E-state index contributed by atoms with van der Waals surface area (Å²) in [7, 11) is -2.88. The second kappa shape index (κ2) is 5.77. The molecule has 1 N–H and O–H groups in total. The van der Waals surface area contributed by atoms with Gasteiger partial charge in [0.15, 0.2) is 9.84 Å². The van der Waals surface area contributed by atoms with Crippen molar-refractivity contribution in [3.63, 3.8) is 0 Å². The Bertz CT molecular complexity index is 530. The van der Waals surface area contributed by atoms with Crippen LogP contribution in [-0.2, 0) is 9.84 Å². The van der Waals surface area contributed by atoms with Crippen molar-refractivity contribution in [2.24, 2.45) is 0 Å². The summed E-state index contributed by atoms with van der Waals surface area (Å²) in [6.07, 6.45) is 1.05. The summed E-state index contributed by atoms with van der Waals surface area (Å²) in [5.41, 5.74) is 0. The van der Waals surface area contributed by atoms with Crippen LogP contribution in [0.25, 0.3) is 0 Å². The van der Waals surface area contributed by atoms with Gasteiger partial charge in [-0.15, -0.1) is 0 Å². The van der Waals surface area contributed by atoms with Crippen LogP contribution in [0.3, 0.4) is 0 Å². The molecule has 0 aliphatic carbocycles. The molecule has 1 atom stereocenters. The fourth-order valence-electron chi connectivity index (χ4n) is 2.27. The molecule has 1 aromatic heterocycles. The Balaban J connectivity index is 2.13. The summed E-state index contributed by atoms with van der Waals surface area (Å²) in [6.45, 7) is 5.45. The van der Waals surface area contributed by atoms with Crippen molar-refractivity contribution in [3.05, 3.63) is 18.2 Å². The quantitative estimate of drug-likeness (QED) is 0.908. The van der Waals surface area contributed by atoms with Gasteiger partial charge >= 0.3 is 0 Å². The molecule has 19 heavy (non-hydrogen) atoms. The van der Waals surface area contributed by atoms with E-state index in [0.717, 1.165) is 24.6 Å². The molecule has 0 amide bonds. The van der Waals surface area contributed by atoms with E-state index in [4.69, 9.17) is 0 Å². The summed E-state index contributed by atoms with van der Waals surface area (Å²) >= 11 is 0. The van der Waals surface area contributed by atoms with Crippen LogP contribution in [0, 0.1) is 0 Å². The maximum absolute atomic E-state index is 11.6. The summed E-state index contributed by atoms with van der Waals surface area (Å²) in [4.78, 5) is 6.62. The van der Waals surface area contributed by atoms with Gasteiger partial charge in [0.1, 0.15) is 11.6 Å². The van der Waals surface area contributed by atoms with Crippen LogP contribution in [0.2, 0.25) is 0 Å². The highest BCUT2D eigenvalue weighted by molar-refractivity contribution is 7.91. The molecule has 2 rings (SSSR count). The molecule has 1 fully saturated rings. The van der Waals surface area contributed by atoms with Crippen LogP contribution >= 0.6 is 0 Å². The molecule has 2 heterocycles. The standard InChI is InChI=1S/C13H21N3O2S/c1-3-7-14-12-5-4-6-13(15-12)16-8-9-19(17,18)10-11(16)2/h4-6,11H,3,7-10H2,1-2H3,(H,14,15). The zero-order chi connectivity index (χ0) is 13.9. The normalized spacial score (nSPS) is 22.2. The minimum atomic E-state index is -2.88. The molecule has 0 saturated carbocycles. The Kier molecular flexibility index (Phi) is 4.29. The molecule has 0 aromatic carbocycles. The van der Waals surface area contributed by atoms with Crippen molar-refractivity contribution in [1.82, 2.24) is 4.98 Å². The van der Waals surface area contributed by atoms with Gasteiger partial charge in [-0.3, -0.25) is 0 Å². The second-order valence-corrected chi connectivity index (χ2v) is 7.19. The zero-order valence-electron chi connectivity index (χ0n) is 11.5. The Morgan fingerprint density at radius 1 is 1.47 bits per heavy atom. The topological polar surface area (TPSA) is 62.3 Å². The Hall–Kier alpha value is -1.30. The maximum Gasteiger partial charge on any atom is 0.154 e. The van der Waals surface area contributed by atoms with Gasteiger partial charge in [-0.05, 0) is 25.5 Å². The summed E-state index contributed by atoms with van der Waals surface area (Å²) in [6, 6.07) is 5.80. The number of rotatable bonds is 4. The highest BCUT2D eigenvalue weighted by atomic mass is 32.2. The monoisotopic (exact) mass is 283 g/mol. The molecule has 1 aromatic rings. The molecule has 1 aliphatic rings. The van der Waals surface area contributed by atoms with Crippen LogP contribution in [0.15, 0.2) is 18.2 Å². The van der Waals surface area contributed by atoms with Gasteiger partial charge in [0.2, 0.25) is 0 Å². The molecule has 1 aliphatic heterocycles. The fraction of sp³-hybridized carbons (Fsp3) is 0.615. The smallest absolute Gasteiger partial charge is 0.154 e. The third-order valence-corrected chi connectivity index (χ3v) is 5.05. The lowest BCUT2D eigenvalue weighted by Crippen LogP contribution is -2.47. The average molecular weight is 283 g/mol. The van der Waals surface area contributed by atoms with Crippen molar-refractivity contribution in [3.8, 4) is 0 Å². The third-order valence-electron chi connectivity index (χ3n) is 3.26. The lowest BCUT2D eigenvalue weighted by molar-refractivity contribution is 0.567. The molecule has 0 spiro atoms. The first kappa shape index (κ1) is 14.1. The Labute approximate surface area is 114 Å². The SMILES string of the molecule is CCCNc1cccc(N2CCS(=O)(=O)CC2C)n1. The van der Waals surface area contributed by atoms with E-state index in [9.17, 15) is 8.42 Å². The molecule has 1 saturated heterocycles. The Morgan fingerprint density at radius 3 is 2.95 bits per heavy atom. The van der Waals surface area contributed by atoms with Gasteiger partial charge in [0.25, 0.3) is 0 Å². The first-order valence-electron chi connectivity index (χ1n) is 6.70. The largest absolute Gasteiger partial charge is 0.370 e. The second-order valence-electron chi connectivity index (χ2n) is 4.96. The fourth-order valence-corrected chi connectivity index (χ4v) is 3.83. The van der Waals surface area contributed by atoms with Crippen LogP contribution in [0.5, 0.6) is 0 Å². The highest BCUT2D eigenvalue weighted by Crippen LogP contribution is 2.21. The van der Waals surface area contributed by atoms with E-state index in [0.29, 0.717) is 6.54 Å². The molecule has 106 valence electrons. The number of pyridine rings is 1. The van der Waals surface area contributed by atoms with Gasteiger partial charge in [-0.25, -0.2) is 13.4 Å². The molecular formula is C13H21N3O2S. The van der Waals surface area contributed by atoms with Crippen molar-refractivity contribution in [2.45, 2.75) is 26.3 Å². The van der Waals surface area contributed by atoms with Crippen molar-refractivity contribution < 1.29 is 8.42 Å². The van der Waals surface area contributed by atoms with E-state index in [1.807, 2.05) is 25.1 Å². The average Bonchev–Trinajstić information content (AvgIpc) is 2.35. The molecule has 0 radical (unpaired) electrons. The molecule has 6 heteroatoms. The number of nitrogens with one attached hydrogen (secondary N) is 1. The molecule has 1 unspecified atom stereocenters. The number of aromatic nitrogens is 1. The van der Waals surface area contributed by atoms with E-state index < -0.39 is 9.84 Å². The predicted octanol–water partition coefficient (Wildman–Crippen LogP) is 1.53. The lowest BCUT2D eigenvalue weighted by atomic mass is 10.3. The van der Waals surface area contributed by atoms with Gasteiger partial charge in [0, 0.05) is 19.1 Å². The van der Waals surface area contributed by atoms with E-state index in [-0.39, 0.29) is 17.5 Å². The number of hydrogen-bond acceptors (Lipinski definition) is 5. The van der Waals surface area contributed by atoms with Gasteiger partial charge < -0.3 is 10.2 Å². The first-order chi connectivity index (χ1) is 9.02. The first-order valence-corrected chi connectivity index (χ1v) is 8.52. The highest BCUT2D eigenvalue weighted by Gasteiger charge is 2.28. The van der Waals surface area contributed by atoms with Crippen LogP contribution in [0.4, 0.5) is 11.6 Å². The minimum Gasteiger partial charge on any atom is -0.370 e.